The number of rotatable bonds is 51. The summed E-state index contributed by atoms with van der Waals surface area (Å²) >= 11 is 0. The molecule has 2 unspecified atom stereocenters. The average molecular weight is 844 g/mol. The molecule has 0 rings (SSSR count). The van der Waals surface area contributed by atoms with Crippen molar-refractivity contribution in [1.82, 2.24) is 5.32 Å². The van der Waals surface area contributed by atoms with E-state index in [0.29, 0.717) is 12.8 Å². The highest BCUT2D eigenvalue weighted by Gasteiger charge is 2.20. The molecule has 0 aromatic heterocycles. The minimum Gasteiger partial charge on any atom is -0.394 e. The molecule has 0 aliphatic rings. The van der Waals surface area contributed by atoms with E-state index in [1.54, 1.807) is 0 Å². The summed E-state index contributed by atoms with van der Waals surface area (Å²) in [5.74, 6) is -0.0264. The number of amides is 1. The Kier molecular flexibility index (Phi) is 51.2. The Balaban J connectivity index is 3.44. The van der Waals surface area contributed by atoms with Gasteiger partial charge in [-0.2, -0.15) is 0 Å². The molecule has 0 saturated heterocycles. The Morgan fingerprint density at radius 1 is 0.400 bits per heavy atom. The van der Waals surface area contributed by atoms with E-state index in [1.807, 2.05) is 0 Å². The predicted octanol–water partition coefficient (Wildman–Crippen LogP) is 17.9. The predicted molar refractivity (Wildman–Crippen MR) is 267 cm³/mol. The second-order valence-electron chi connectivity index (χ2n) is 19.0. The van der Waals surface area contributed by atoms with Crippen molar-refractivity contribution < 1.29 is 15.0 Å². The summed E-state index contributed by atoms with van der Waals surface area (Å²) in [6, 6.07) is -0.535. The van der Waals surface area contributed by atoms with Gasteiger partial charge in [0.25, 0.3) is 0 Å². The van der Waals surface area contributed by atoms with Crippen LogP contribution in [0.4, 0.5) is 0 Å². The summed E-state index contributed by atoms with van der Waals surface area (Å²) in [6.45, 7) is 4.38. The van der Waals surface area contributed by atoms with E-state index in [9.17, 15) is 15.0 Å². The fourth-order valence-electron chi connectivity index (χ4n) is 8.75. The molecule has 0 saturated carbocycles. The number of carbonyl (C=O) groups is 1. The normalized spacial score (nSPS) is 12.9. The molecule has 356 valence electrons. The van der Waals surface area contributed by atoms with Crippen LogP contribution in [0.1, 0.15) is 309 Å². The zero-order valence-corrected chi connectivity index (χ0v) is 41.0. The third kappa shape index (κ3) is 47.9. The van der Waals surface area contributed by atoms with Crippen molar-refractivity contribution in [3.63, 3.8) is 0 Å². The monoisotopic (exact) mass is 844 g/mol. The van der Waals surface area contributed by atoms with Gasteiger partial charge in [-0.25, -0.2) is 0 Å². The molecule has 4 nitrogen and oxygen atoms in total. The Bertz CT molecular complexity index is 871. The quantitative estimate of drug-likeness (QED) is 0.0422. The smallest absolute Gasteiger partial charge is 0.220 e. The fraction of sp³-hybridized carbons (Fsp3) is 0.911. The first kappa shape index (κ1) is 58.9. The maximum Gasteiger partial charge on any atom is 0.220 e. The van der Waals surface area contributed by atoms with Crippen LogP contribution in [0.3, 0.4) is 0 Å². The lowest BCUT2D eigenvalue weighted by Gasteiger charge is -2.22. The number of aliphatic hydroxyl groups is 2. The SMILES string of the molecule is CCCCCCC/C=C\C/C=C\CCCCCCCCCCCCCCCCCC(=O)NC(CO)C(O)CCCCCCCCCCCCCCCCCCCCCCC. The minimum absolute atomic E-state index is 0.0264. The van der Waals surface area contributed by atoms with Crippen molar-refractivity contribution in [3.8, 4) is 0 Å². The van der Waals surface area contributed by atoms with Crippen molar-refractivity contribution in [2.75, 3.05) is 6.61 Å². The van der Waals surface area contributed by atoms with E-state index in [-0.39, 0.29) is 12.5 Å². The van der Waals surface area contributed by atoms with Gasteiger partial charge in [0.15, 0.2) is 0 Å². The van der Waals surface area contributed by atoms with Gasteiger partial charge < -0.3 is 15.5 Å². The first-order chi connectivity index (χ1) is 29.7. The number of aliphatic hydroxyl groups excluding tert-OH is 2. The van der Waals surface area contributed by atoms with Crippen molar-refractivity contribution in [3.05, 3.63) is 24.3 Å². The molecule has 60 heavy (non-hydrogen) atoms. The molecule has 0 aliphatic heterocycles. The molecule has 0 aromatic rings. The van der Waals surface area contributed by atoms with Crippen LogP contribution in [-0.2, 0) is 4.79 Å². The Morgan fingerprint density at radius 2 is 0.683 bits per heavy atom. The van der Waals surface area contributed by atoms with Crippen molar-refractivity contribution in [2.45, 2.75) is 321 Å². The standard InChI is InChI=1S/C56H109NO3/c1-3-5-7-9-11-13-15-17-19-21-23-25-26-27-28-29-30-32-34-36-38-40-42-44-46-48-50-52-56(60)57-54(53-58)55(59)51-49-47-45-43-41-39-37-35-33-31-24-22-20-18-16-14-12-10-8-6-4-2/h15,17,21,23,54-55,58-59H,3-14,16,18-20,22,24-53H2,1-2H3,(H,57,60)/b17-15-,23-21-. The maximum atomic E-state index is 12.5. The number of hydrogen-bond acceptors (Lipinski definition) is 3. The third-order valence-corrected chi connectivity index (χ3v) is 13.0. The van der Waals surface area contributed by atoms with Crippen LogP contribution in [0.15, 0.2) is 24.3 Å². The van der Waals surface area contributed by atoms with E-state index in [0.717, 1.165) is 32.1 Å². The van der Waals surface area contributed by atoms with Gasteiger partial charge in [-0.1, -0.05) is 282 Å². The van der Waals surface area contributed by atoms with Crippen LogP contribution < -0.4 is 5.32 Å². The molecular weight excluding hydrogens is 735 g/mol. The molecule has 0 heterocycles. The van der Waals surface area contributed by atoms with Crippen LogP contribution in [0, 0.1) is 0 Å². The van der Waals surface area contributed by atoms with Crippen molar-refractivity contribution in [1.29, 1.82) is 0 Å². The second kappa shape index (κ2) is 52.2. The van der Waals surface area contributed by atoms with E-state index in [2.05, 4.69) is 43.5 Å². The van der Waals surface area contributed by atoms with Gasteiger partial charge in [-0.05, 0) is 44.9 Å². The highest BCUT2D eigenvalue weighted by Crippen LogP contribution is 2.18. The van der Waals surface area contributed by atoms with Gasteiger partial charge in [-0.3, -0.25) is 4.79 Å². The summed E-state index contributed by atoms with van der Waals surface area (Å²) in [5, 5.41) is 23.3. The molecule has 3 N–H and O–H groups in total. The number of nitrogens with one attached hydrogen (secondary N) is 1. The van der Waals surface area contributed by atoms with Crippen LogP contribution >= 0.6 is 0 Å². The summed E-state index contributed by atoms with van der Waals surface area (Å²) in [5.41, 5.74) is 0. The van der Waals surface area contributed by atoms with Gasteiger partial charge in [-0.15, -0.1) is 0 Å². The second-order valence-corrected chi connectivity index (χ2v) is 19.0. The van der Waals surface area contributed by atoms with Crippen molar-refractivity contribution in [2.24, 2.45) is 0 Å². The number of unbranched alkanes of at least 4 members (excludes halogenated alkanes) is 40. The summed E-state index contributed by atoms with van der Waals surface area (Å²) in [6.07, 6.45) is 68.7. The van der Waals surface area contributed by atoms with Gasteiger partial charge in [0.2, 0.25) is 5.91 Å². The van der Waals surface area contributed by atoms with Gasteiger partial charge >= 0.3 is 0 Å². The highest BCUT2D eigenvalue weighted by molar-refractivity contribution is 5.76. The van der Waals surface area contributed by atoms with E-state index in [1.165, 1.54) is 250 Å². The molecule has 0 fully saturated rings. The summed E-state index contributed by atoms with van der Waals surface area (Å²) in [7, 11) is 0. The Labute approximate surface area is 377 Å². The largest absolute Gasteiger partial charge is 0.394 e. The van der Waals surface area contributed by atoms with Crippen LogP contribution in [0.2, 0.25) is 0 Å². The Morgan fingerprint density at radius 3 is 1.00 bits per heavy atom. The number of hydrogen-bond donors (Lipinski definition) is 3. The van der Waals surface area contributed by atoms with E-state index in [4.69, 9.17) is 0 Å². The fourth-order valence-corrected chi connectivity index (χ4v) is 8.75. The molecule has 1 amide bonds. The molecule has 0 spiro atoms. The summed E-state index contributed by atoms with van der Waals surface area (Å²) in [4.78, 5) is 12.5. The molecule has 4 heteroatoms. The summed E-state index contributed by atoms with van der Waals surface area (Å²) < 4.78 is 0. The topological polar surface area (TPSA) is 69.6 Å². The van der Waals surface area contributed by atoms with Gasteiger partial charge in [0.05, 0.1) is 18.8 Å². The Hall–Kier alpha value is -1.13. The zero-order valence-electron chi connectivity index (χ0n) is 41.0. The van der Waals surface area contributed by atoms with E-state index >= 15 is 0 Å². The van der Waals surface area contributed by atoms with Crippen LogP contribution in [-0.4, -0.2) is 34.9 Å². The first-order valence-electron chi connectivity index (χ1n) is 27.5. The van der Waals surface area contributed by atoms with E-state index < -0.39 is 12.1 Å². The molecular formula is C56H109NO3. The number of allylic oxidation sites excluding steroid dienone is 4. The third-order valence-electron chi connectivity index (χ3n) is 13.0. The zero-order chi connectivity index (χ0) is 43.5. The highest BCUT2D eigenvalue weighted by atomic mass is 16.3. The van der Waals surface area contributed by atoms with Crippen LogP contribution in [0.5, 0.6) is 0 Å². The molecule has 0 radical (unpaired) electrons. The maximum absolute atomic E-state index is 12.5. The van der Waals surface area contributed by atoms with Crippen molar-refractivity contribution >= 4 is 5.91 Å². The lowest BCUT2D eigenvalue weighted by atomic mass is 10.0. The number of carbonyl (C=O) groups excluding carboxylic acids is 1. The first-order valence-corrected chi connectivity index (χ1v) is 27.5. The molecule has 0 aromatic carbocycles. The van der Waals surface area contributed by atoms with Gasteiger partial charge in [0.1, 0.15) is 0 Å². The lowest BCUT2D eigenvalue weighted by molar-refractivity contribution is -0.123. The van der Waals surface area contributed by atoms with Gasteiger partial charge in [0, 0.05) is 6.42 Å². The average Bonchev–Trinajstić information content (AvgIpc) is 3.25. The molecule has 2 atom stereocenters. The molecule has 0 bridgehead atoms. The molecule has 0 aliphatic carbocycles. The van der Waals surface area contributed by atoms with Crippen LogP contribution in [0.25, 0.3) is 0 Å². The lowest BCUT2D eigenvalue weighted by Crippen LogP contribution is -2.45. The minimum atomic E-state index is -0.658.